The zero-order chi connectivity index (χ0) is 17.3. The number of nitrogens with one attached hydrogen (secondary N) is 2. The van der Waals surface area contributed by atoms with E-state index in [2.05, 4.69) is 90.4 Å². The minimum Gasteiger partial charge on any atom is -0.361 e. The van der Waals surface area contributed by atoms with E-state index in [1.165, 1.54) is 16.7 Å². The van der Waals surface area contributed by atoms with E-state index >= 15 is 0 Å². The molecule has 1 unspecified atom stereocenters. The molecule has 0 fully saturated rings. The van der Waals surface area contributed by atoms with Crippen molar-refractivity contribution in [1.29, 1.82) is 0 Å². The molecule has 2 heteroatoms. The summed E-state index contributed by atoms with van der Waals surface area (Å²) in [6.07, 6.45) is 14.5. The largest absolute Gasteiger partial charge is 0.361 e. The van der Waals surface area contributed by atoms with Crippen LogP contribution < -0.4 is 10.6 Å². The van der Waals surface area contributed by atoms with Crippen molar-refractivity contribution < 1.29 is 0 Å². The second kappa shape index (κ2) is 8.86. The summed E-state index contributed by atoms with van der Waals surface area (Å²) in [6, 6.07) is 19.3. The second-order valence-corrected chi connectivity index (χ2v) is 6.06. The van der Waals surface area contributed by atoms with Gasteiger partial charge in [-0.25, -0.2) is 0 Å². The van der Waals surface area contributed by atoms with Crippen LogP contribution in [0.1, 0.15) is 22.7 Å². The summed E-state index contributed by atoms with van der Waals surface area (Å²) >= 11 is 0. The molecule has 1 aliphatic heterocycles. The lowest BCUT2D eigenvalue weighted by atomic mass is 10.0. The summed E-state index contributed by atoms with van der Waals surface area (Å²) in [7, 11) is 0. The van der Waals surface area contributed by atoms with Gasteiger partial charge in [-0.15, -0.1) is 0 Å². The highest BCUT2D eigenvalue weighted by molar-refractivity contribution is 5.66. The van der Waals surface area contributed by atoms with Crippen LogP contribution in [0.15, 0.2) is 97.3 Å². The smallest absolute Gasteiger partial charge is 0.0531 e. The zero-order valence-electron chi connectivity index (χ0n) is 14.5. The predicted molar refractivity (Wildman–Crippen MR) is 107 cm³/mol. The zero-order valence-corrected chi connectivity index (χ0v) is 14.5. The van der Waals surface area contributed by atoms with Crippen LogP contribution in [0, 0.1) is 6.92 Å². The van der Waals surface area contributed by atoms with Gasteiger partial charge in [0.25, 0.3) is 0 Å². The van der Waals surface area contributed by atoms with E-state index in [1.54, 1.807) is 0 Å². The molecule has 1 heterocycles. The van der Waals surface area contributed by atoms with Crippen molar-refractivity contribution in [3.63, 3.8) is 0 Å². The first kappa shape index (κ1) is 17.0. The molecule has 0 aliphatic carbocycles. The monoisotopic (exact) mass is 328 g/mol. The van der Waals surface area contributed by atoms with Gasteiger partial charge in [0.05, 0.1) is 6.04 Å². The van der Waals surface area contributed by atoms with Gasteiger partial charge in [0.15, 0.2) is 0 Å². The number of rotatable bonds is 2. The SMILES string of the molecule is Cc1ccc(/C2=C/C(c3ccccc3)NC/C=C/C=C\C=C/N2)cc1. The maximum absolute atomic E-state index is 3.60. The first-order valence-electron chi connectivity index (χ1n) is 8.65. The molecule has 2 N–H and O–H groups in total. The second-order valence-electron chi connectivity index (χ2n) is 6.06. The Labute approximate surface area is 150 Å². The van der Waals surface area contributed by atoms with Crippen molar-refractivity contribution >= 4 is 5.70 Å². The molecule has 0 spiro atoms. The summed E-state index contributed by atoms with van der Waals surface area (Å²) in [5.41, 5.74) is 4.78. The molecular formula is C23H24N2. The molecule has 1 atom stereocenters. The normalized spacial score (nSPS) is 23.9. The molecule has 0 aromatic heterocycles. The van der Waals surface area contributed by atoms with Crippen LogP contribution in [0.4, 0.5) is 0 Å². The van der Waals surface area contributed by atoms with Gasteiger partial charge < -0.3 is 10.6 Å². The van der Waals surface area contributed by atoms with Crippen molar-refractivity contribution in [3.05, 3.63) is 114 Å². The summed E-state index contributed by atoms with van der Waals surface area (Å²) in [6.45, 7) is 2.92. The third kappa shape index (κ3) is 5.07. The molecule has 126 valence electrons. The fourth-order valence-electron chi connectivity index (χ4n) is 2.72. The van der Waals surface area contributed by atoms with E-state index in [0.29, 0.717) is 0 Å². The van der Waals surface area contributed by atoms with Crippen LogP contribution in [0.2, 0.25) is 0 Å². The number of hydrogen-bond donors (Lipinski definition) is 2. The fourth-order valence-corrected chi connectivity index (χ4v) is 2.72. The standard InChI is InChI=1S/C23H24N2/c1-19-12-14-21(15-13-19)23-18-22(20-10-6-5-7-11-20)24-16-8-3-2-4-9-17-25-23/h2-15,17-18,22,24-25H,16H2,1H3/b4-2-,8-3+,17-9-,23-18-. The van der Waals surface area contributed by atoms with Crippen molar-refractivity contribution in [3.8, 4) is 0 Å². The molecule has 0 radical (unpaired) electrons. The van der Waals surface area contributed by atoms with Gasteiger partial charge in [-0.05, 0) is 30.2 Å². The molecule has 2 aromatic carbocycles. The van der Waals surface area contributed by atoms with E-state index < -0.39 is 0 Å². The average Bonchev–Trinajstić information content (AvgIpc) is 2.64. The Kier molecular flexibility index (Phi) is 6.02. The highest BCUT2D eigenvalue weighted by Crippen LogP contribution is 2.21. The van der Waals surface area contributed by atoms with Gasteiger partial charge in [-0.2, -0.15) is 0 Å². The molecule has 3 rings (SSSR count). The minimum atomic E-state index is 0.131. The van der Waals surface area contributed by atoms with E-state index in [0.717, 1.165) is 12.2 Å². The van der Waals surface area contributed by atoms with Crippen LogP contribution in [0.3, 0.4) is 0 Å². The number of allylic oxidation sites excluding steroid dienone is 4. The number of aryl methyl sites for hydroxylation is 1. The lowest BCUT2D eigenvalue weighted by Gasteiger charge is -2.18. The lowest BCUT2D eigenvalue weighted by Crippen LogP contribution is -2.21. The first-order valence-corrected chi connectivity index (χ1v) is 8.65. The Balaban J connectivity index is 1.99. The summed E-state index contributed by atoms with van der Waals surface area (Å²) in [5, 5.41) is 7.04. The Morgan fingerprint density at radius 1 is 0.840 bits per heavy atom. The first-order chi connectivity index (χ1) is 12.3. The Hall–Kier alpha value is -2.84. The molecule has 0 amide bonds. The maximum Gasteiger partial charge on any atom is 0.0531 e. The molecule has 0 bridgehead atoms. The van der Waals surface area contributed by atoms with Gasteiger partial charge >= 0.3 is 0 Å². The van der Waals surface area contributed by atoms with Crippen LogP contribution in [-0.2, 0) is 0 Å². The van der Waals surface area contributed by atoms with Crippen LogP contribution in [-0.4, -0.2) is 6.54 Å². The molecule has 1 aliphatic rings. The van der Waals surface area contributed by atoms with Gasteiger partial charge in [-0.3, -0.25) is 0 Å². The molecule has 0 saturated carbocycles. The summed E-state index contributed by atoms with van der Waals surface area (Å²) in [5.74, 6) is 0. The molecule has 0 saturated heterocycles. The Bertz CT molecular complexity index is 781. The number of hydrogen-bond acceptors (Lipinski definition) is 2. The van der Waals surface area contributed by atoms with Crippen molar-refractivity contribution in [2.75, 3.05) is 6.54 Å². The third-order valence-corrected chi connectivity index (χ3v) is 4.11. The van der Waals surface area contributed by atoms with Gasteiger partial charge in [0.1, 0.15) is 0 Å². The molecular weight excluding hydrogens is 304 g/mol. The molecule has 2 nitrogen and oxygen atoms in total. The highest BCUT2D eigenvalue weighted by atomic mass is 14.9. The Morgan fingerprint density at radius 2 is 1.60 bits per heavy atom. The van der Waals surface area contributed by atoms with E-state index in [-0.39, 0.29) is 6.04 Å². The van der Waals surface area contributed by atoms with Gasteiger partial charge in [0.2, 0.25) is 0 Å². The van der Waals surface area contributed by atoms with Crippen molar-refractivity contribution in [2.24, 2.45) is 0 Å². The van der Waals surface area contributed by atoms with Crippen molar-refractivity contribution in [1.82, 2.24) is 10.6 Å². The highest BCUT2D eigenvalue weighted by Gasteiger charge is 2.10. The van der Waals surface area contributed by atoms with Crippen LogP contribution in [0.5, 0.6) is 0 Å². The lowest BCUT2D eigenvalue weighted by molar-refractivity contribution is 0.671. The van der Waals surface area contributed by atoms with Crippen LogP contribution >= 0.6 is 0 Å². The van der Waals surface area contributed by atoms with Gasteiger partial charge in [-0.1, -0.05) is 84.5 Å². The number of benzene rings is 2. The molecule has 25 heavy (non-hydrogen) atoms. The fraction of sp³-hybridized carbons (Fsp3) is 0.130. The van der Waals surface area contributed by atoms with Gasteiger partial charge in [0, 0.05) is 18.4 Å². The topological polar surface area (TPSA) is 24.1 Å². The quantitative estimate of drug-likeness (QED) is 0.819. The summed E-state index contributed by atoms with van der Waals surface area (Å²) < 4.78 is 0. The maximum atomic E-state index is 3.60. The van der Waals surface area contributed by atoms with Crippen molar-refractivity contribution in [2.45, 2.75) is 13.0 Å². The Morgan fingerprint density at radius 3 is 2.40 bits per heavy atom. The third-order valence-electron chi connectivity index (χ3n) is 4.11. The van der Waals surface area contributed by atoms with E-state index in [1.807, 2.05) is 24.4 Å². The summed E-state index contributed by atoms with van der Waals surface area (Å²) in [4.78, 5) is 0. The molecule has 2 aromatic rings. The predicted octanol–water partition coefficient (Wildman–Crippen LogP) is 4.90. The van der Waals surface area contributed by atoms with E-state index in [9.17, 15) is 0 Å². The van der Waals surface area contributed by atoms with Crippen LogP contribution in [0.25, 0.3) is 5.70 Å². The average molecular weight is 328 g/mol. The van der Waals surface area contributed by atoms with E-state index in [4.69, 9.17) is 0 Å². The minimum absolute atomic E-state index is 0.131.